The highest BCUT2D eigenvalue weighted by Gasteiger charge is 2.30. The molecule has 0 amide bonds. The van der Waals surface area contributed by atoms with Crippen LogP contribution in [-0.4, -0.2) is 0 Å². The van der Waals surface area contributed by atoms with Crippen molar-refractivity contribution in [1.29, 1.82) is 0 Å². The third kappa shape index (κ3) is 4.12. The molecule has 0 aliphatic heterocycles. The van der Waals surface area contributed by atoms with Crippen LogP contribution in [0.5, 0.6) is 0 Å². The van der Waals surface area contributed by atoms with Gasteiger partial charge in [0.25, 0.3) is 0 Å². The Bertz CT molecular complexity index is 583. The second-order valence-electron chi connectivity index (χ2n) is 8.05. The molecule has 2 saturated carbocycles. The predicted molar refractivity (Wildman–Crippen MR) is 95.9 cm³/mol. The van der Waals surface area contributed by atoms with Crippen LogP contribution in [0.15, 0.2) is 24.3 Å². The Balaban J connectivity index is 1.56. The summed E-state index contributed by atoms with van der Waals surface area (Å²) in [6, 6.07) is 2.34. The lowest BCUT2D eigenvalue weighted by molar-refractivity contribution is 0.263. The van der Waals surface area contributed by atoms with Gasteiger partial charge in [0.2, 0.25) is 0 Å². The molecule has 0 radical (unpaired) electrons. The van der Waals surface area contributed by atoms with Crippen molar-refractivity contribution < 1.29 is 13.2 Å². The first-order valence-corrected chi connectivity index (χ1v) is 9.82. The molecule has 2 aliphatic rings. The highest BCUT2D eigenvalue weighted by Crippen LogP contribution is 2.44. The fourth-order valence-electron chi connectivity index (χ4n) is 4.88. The molecule has 0 unspecified atom stereocenters. The van der Waals surface area contributed by atoms with Gasteiger partial charge in [-0.25, -0.2) is 13.2 Å². The van der Waals surface area contributed by atoms with Crippen LogP contribution in [-0.2, 0) is 0 Å². The van der Waals surface area contributed by atoms with Gasteiger partial charge in [-0.1, -0.05) is 25.5 Å². The van der Waals surface area contributed by atoms with Crippen LogP contribution in [0.3, 0.4) is 0 Å². The van der Waals surface area contributed by atoms with E-state index in [0.717, 1.165) is 31.6 Å². The van der Waals surface area contributed by atoms with Gasteiger partial charge in [-0.15, -0.1) is 0 Å². The summed E-state index contributed by atoms with van der Waals surface area (Å²) in [6.45, 7) is 6.70. The summed E-state index contributed by atoms with van der Waals surface area (Å²) in [4.78, 5) is 0. The van der Waals surface area contributed by atoms with Crippen LogP contribution in [0.4, 0.5) is 13.2 Å². The van der Waals surface area contributed by atoms with Crippen LogP contribution in [0.1, 0.15) is 76.2 Å². The van der Waals surface area contributed by atoms with Gasteiger partial charge >= 0.3 is 0 Å². The maximum Gasteiger partial charge on any atom is 0.194 e. The van der Waals surface area contributed by atoms with Gasteiger partial charge in [-0.05, 0) is 92.7 Å². The monoisotopic (exact) mass is 350 g/mol. The molecule has 138 valence electrons. The summed E-state index contributed by atoms with van der Waals surface area (Å²) in [5.74, 6) is -1.30. The molecule has 0 atom stereocenters. The molecule has 0 N–H and O–H groups in total. The lowest BCUT2D eigenvalue weighted by Gasteiger charge is -2.36. The molecule has 1 aromatic carbocycles. The van der Waals surface area contributed by atoms with Gasteiger partial charge in [-0.2, -0.15) is 0 Å². The maximum atomic E-state index is 13.5. The maximum absolute atomic E-state index is 13.5. The van der Waals surface area contributed by atoms with E-state index in [1.807, 2.05) is 0 Å². The molecule has 2 fully saturated rings. The van der Waals surface area contributed by atoms with Crippen molar-refractivity contribution in [2.75, 3.05) is 0 Å². The van der Waals surface area contributed by atoms with E-state index in [1.165, 1.54) is 49.8 Å². The summed E-state index contributed by atoms with van der Waals surface area (Å²) in [7, 11) is 0. The van der Waals surface area contributed by atoms with Gasteiger partial charge in [0.1, 0.15) is 0 Å². The van der Waals surface area contributed by atoms with Crippen molar-refractivity contribution in [2.45, 2.75) is 70.6 Å². The van der Waals surface area contributed by atoms with E-state index in [1.54, 1.807) is 0 Å². The molecule has 0 spiro atoms. The van der Waals surface area contributed by atoms with E-state index >= 15 is 0 Å². The van der Waals surface area contributed by atoms with Crippen molar-refractivity contribution in [1.82, 2.24) is 0 Å². The van der Waals surface area contributed by atoms with Crippen LogP contribution in [0.25, 0.3) is 0 Å². The second-order valence-corrected chi connectivity index (χ2v) is 8.05. The Morgan fingerprint density at radius 1 is 0.880 bits per heavy atom. The molecule has 3 heteroatoms. The molecule has 0 aromatic heterocycles. The van der Waals surface area contributed by atoms with E-state index in [9.17, 15) is 13.2 Å². The predicted octanol–water partition coefficient (Wildman–Crippen LogP) is 7.15. The molecular formula is C22H29F3. The summed E-state index contributed by atoms with van der Waals surface area (Å²) in [6.07, 6.45) is 10.3. The molecule has 0 saturated heterocycles. The number of rotatable bonds is 4. The summed E-state index contributed by atoms with van der Waals surface area (Å²) in [5.41, 5.74) is 2.01. The Hall–Kier alpha value is -1.25. The van der Waals surface area contributed by atoms with E-state index in [4.69, 9.17) is 0 Å². The smallest absolute Gasteiger partial charge is 0.194 e. The largest absolute Gasteiger partial charge is 0.204 e. The molecular weight excluding hydrogens is 321 g/mol. The highest BCUT2D eigenvalue weighted by molar-refractivity contribution is 5.24. The van der Waals surface area contributed by atoms with E-state index in [0.29, 0.717) is 17.4 Å². The number of allylic oxidation sites excluding steroid dienone is 1. The minimum Gasteiger partial charge on any atom is -0.204 e. The molecule has 25 heavy (non-hydrogen) atoms. The molecule has 2 aliphatic carbocycles. The fraction of sp³-hybridized carbons (Fsp3) is 0.636. The second kappa shape index (κ2) is 7.97. The van der Waals surface area contributed by atoms with Crippen molar-refractivity contribution in [3.63, 3.8) is 0 Å². The lowest BCUT2D eigenvalue weighted by Crippen LogP contribution is -2.22. The number of hydrogen-bond donors (Lipinski definition) is 0. The minimum absolute atomic E-state index is 0.129. The third-order valence-corrected chi connectivity index (χ3v) is 6.68. The normalized spacial score (nSPS) is 30.2. The molecule has 1 aromatic rings. The average molecular weight is 350 g/mol. The third-order valence-electron chi connectivity index (χ3n) is 6.68. The zero-order valence-corrected chi connectivity index (χ0v) is 15.2. The Labute approximate surface area is 149 Å². The Morgan fingerprint density at radius 2 is 1.36 bits per heavy atom. The molecule has 0 heterocycles. The highest BCUT2D eigenvalue weighted by atomic mass is 19.2. The molecule has 0 nitrogen and oxygen atoms in total. The zero-order chi connectivity index (χ0) is 18.0. The van der Waals surface area contributed by atoms with Gasteiger partial charge in [-0.3, -0.25) is 0 Å². The van der Waals surface area contributed by atoms with Crippen LogP contribution >= 0.6 is 0 Å². The Morgan fingerprint density at radius 3 is 1.84 bits per heavy atom. The molecule has 0 bridgehead atoms. The summed E-state index contributed by atoms with van der Waals surface area (Å²) >= 11 is 0. The van der Waals surface area contributed by atoms with Gasteiger partial charge in [0.15, 0.2) is 17.5 Å². The first-order chi connectivity index (χ1) is 12.0. The first-order valence-electron chi connectivity index (χ1n) is 9.82. The summed E-state index contributed by atoms with van der Waals surface area (Å²) < 4.78 is 40.1. The van der Waals surface area contributed by atoms with Crippen molar-refractivity contribution in [2.24, 2.45) is 17.8 Å². The quantitative estimate of drug-likeness (QED) is 0.399. The minimum atomic E-state index is -1.37. The van der Waals surface area contributed by atoms with Crippen molar-refractivity contribution in [3.05, 3.63) is 47.3 Å². The topological polar surface area (TPSA) is 0 Å². The van der Waals surface area contributed by atoms with Crippen molar-refractivity contribution >= 4 is 0 Å². The van der Waals surface area contributed by atoms with Crippen LogP contribution in [0, 0.1) is 35.2 Å². The van der Waals surface area contributed by atoms with E-state index in [2.05, 4.69) is 13.5 Å². The lowest BCUT2D eigenvalue weighted by atomic mass is 9.69. The SMILES string of the molecule is C=C(C1CCC(CC)CC1)C1CCC(c2cc(F)c(F)c(F)c2)CC1. The average Bonchev–Trinajstić information content (AvgIpc) is 2.65. The van der Waals surface area contributed by atoms with Crippen LogP contribution in [0.2, 0.25) is 0 Å². The van der Waals surface area contributed by atoms with Gasteiger partial charge in [0.05, 0.1) is 0 Å². The van der Waals surface area contributed by atoms with Gasteiger partial charge < -0.3 is 0 Å². The number of hydrogen-bond acceptors (Lipinski definition) is 0. The fourth-order valence-corrected chi connectivity index (χ4v) is 4.88. The summed E-state index contributed by atoms with van der Waals surface area (Å²) in [5, 5.41) is 0. The standard InChI is InChI=1S/C22H29F3/c1-3-15-4-6-16(7-5-15)14(2)17-8-10-18(11-9-17)19-12-20(23)22(25)21(24)13-19/h12-13,15-18H,2-11H2,1H3. The number of halogens is 3. The first kappa shape index (κ1) is 18.5. The van der Waals surface area contributed by atoms with E-state index in [-0.39, 0.29) is 5.92 Å². The van der Waals surface area contributed by atoms with Crippen molar-refractivity contribution in [3.8, 4) is 0 Å². The van der Waals surface area contributed by atoms with E-state index < -0.39 is 17.5 Å². The Kier molecular flexibility index (Phi) is 5.91. The molecule has 3 rings (SSSR count). The number of benzene rings is 1. The van der Waals surface area contributed by atoms with Crippen LogP contribution < -0.4 is 0 Å². The van der Waals surface area contributed by atoms with Gasteiger partial charge in [0, 0.05) is 0 Å². The zero-order valence-electron chi connectivity index (χ0n) is 15.2.